The van der Waals surface area contributed by atoms with E-state index in [0.29, 0.717) is 5.56 Å². The molecule has 2 amide bonds. The van der Waals surface area contributed by atoms with E-state index in [4.69, 9.17) is 4.74 Å². The van der Waals surface area contributed by atoms with E-state index in [1.165, 1.54) is 0 Å². The number of benzene rings is 3. The highest BCUT2D eigenvalue weighted by atomic mass is 16.6. The van der Waals surface area contributed by atoms with Crippen molar-refractivity contribution in [3.05, 3.63) is 89.2 Å². The fourth-order valence-corrected chi connectivity index (χ4v) is 4.30. The summed E-state index contributed by atoms with van der Waals surface area (Å²) in [6.07, 6.45) is 3.34. The number of rotatable bonds is 6. The second-order valence-electron chi connectivity index (χ2n) is 10.4. The van der Waals surface area contributed by atoms with Gasteiger partial charge in [0.15, 0.2) is 0 Å². The number of ether oxygens (including phenoxy) is 1. The monoisotopic (exact) mass is 498 g/mol. The van der Waals surface area contributed by atoms with E-state index in [-0.39, 0.29) is 18.5 Å². The highest BCUT2D eigenvalue weighted by molar-refractivity contribution is 5.97. The lowest BCUT2D eigenvalue weighted by molar-refractivity contribution is 0.0523. The van der Waals surface area contributed by atoms with Crippen LogP contribution in [-0.2, 0) is 18.3 Å². The molecule has 0 saturated carbocycles. The van der Waals surface area contributed by atoms with E-state index >= 15 is 0 Å². The van der Waals surface area contributed by atoms with Gasteiger partial charge in [0.2, 0.25) is 0 Å². The molecule has 7 heteroatoms. The Balaban J connectivity index is 1.56. The first-order valence-corrected chi connectivity index (χ1v) is 12.4. The molecule has 4 rings (SSSR count). The van der Waals surface area contributed by atoms with Gasteiger partial charge in [-0.1, -0.05) is 36.4 Å². The summed E-state index contributed by atoms with van der Waals surface area (Å²) in [4.78, 5) is 25.4. The lowest BCUT2D eigenvalue weighted by Gasteiger charge is -2.20. The highest BCUT2D eigenvalue weighted by Crippen LogP contribution is 2.31. The van der Waals surface area contributed by atoms with Crippen LogP contribution in [0.5, 0.6) is 0 Å². The maximum absolute atomic E-state index is 13.4. The van der Waals surface area contributed by atoms with Crippen molar-refractivity contribution in [3.8, 4) is 11.1 Å². The average molecular weight is 499 g/mol. The first kappa shape index (κ1) is 25.9. The molecule has 0 radical (unpaired) electrons. The Morgan fingerprint density at radius 3 is 2.51 bits per heavy atom. The first-order chi connectivity index (χ1) is 17.5. The summed E-state index contributed by atoms with van der Waals surface area (Å²) in [5.41, 5.74) is 4.78. The first-order valence-electron chi connectivity index (χ1n) is 12.4. The summed E-state index contributed by atoms with van der Waals surface area (Å²) in [5, 5.41) is 12.4. The molecule has 0 bridgehead atoms. The minimum Gasteiger partial charge on any atom is -0.444 e. The molecule has 1 unspecified atom stereocenters. The van der Waals surface area contributed by atoms with Crippen molar-refractivity contribution in [1.29, 1.82) is 0 Å². The average Bonchev–Trinajstić information content (AvgIpc) is 3.28. The second-order valence-corrected chi connectivity index (χ2v) is 10.4. The maximum Gasteiger partial charge on any atom is 0.407 e. The fraction of sp³-hybridized carbons (Fsp3) is 0.300. The number of nitrogens with one attached hydrogen (secondary N) is 2. The molecule has 3 aromatic carbocycles. The molecule has 0 aliphatic carbocycles. The van der Waals surface area contributed by atoms with Crippen LogP contribution >= 0.6 is 0 Å². The van der Waals surface area contributed by atoms with Crippen LogP contribution in [0.4, 0.5) is 4.79 Å². The third-order valence-corrected chi connectivity index (χ3v) is 6.13. The Morgan fingerprint density at radius 2 is 1.81 bits per heavy atom. The van der Waals surface area contributed by atoms with Crippen LogP contribution in [0.25, 0.3) is 21.9 Å². The predicted molar refractivity (Wildman–Crippen MR) is 146 cm³/mol. The summed E-state index contributed by atoms with van der Waals surface area (Å²) in [6, 6.07) is 17.8. The summed E-state index contributed by atoms with van der Waals surface area (Å²) >= 11 is 0. The summed E-state index contributed by atoms with van der Waals surface area (Å²) in [6.45, 7) is 9.62. The van der Waals surface area contributed by atoms with E-state index in [2.05, 4.69) is 40.0 Å². The SMILES string of the molecule is Cc1ccc(CNC(=O)OC(C)(C)C)cc1C(=O)NC(C)c1cc(-c2cnn(C)c2)cc2ccccc12. The van der Waals surface area contributed by atoms with Gasteiger partial charge < -0.3 is 15.4 Å². The topological polar surface area (TPSA) is 85.2 Å². The van der Waals surface area contributed by atoms with Gasteiger partial charge in [-0.25, -0.2) is 4.79 Å². The molecular formula is C30H34N4O3. The van der Waals surface area contributed by atoms with Gasteiger partial charge in [0.25, 0.3) is 5.91 Å². The fourth-order valence-electron chi connectivity index (χ4n) is 4.30. The van der Waals surface area contributed by atoms with Crippen molar-refractivity contribution >= 4 is 22.8 Å². The third-order valence-electron chi connectivity index (χ3n) is 6.13. The van der Waals surface area contributed by atoms with Crippen molar-refractivity contribution in [2.24, 2.45) is 7.05 Å². The number of carbonyl (C=O) groups excluding carboxylic acids is 2. The smallest absolute Gasteiger partial charge is 0.407 e. The van der Waals surface area contributed by atoms with Gasteiger partial charge >= 0.3 is 6.09 Å². The van der Waals surface area contributed by atoms with Crippen molar-refractivity contribution in [2.45, 2.75) is 52.8 Å². The zero-order valence-electron chi connectivity index (χ0n) is 22.3. The zero-order chi connectivity index (χ0) is 26.7. The summed E-state index contributed by atoms with van der Waals surface area (Å²) < 4.78 is 7.09. The van der Waals surface area contributed by atoms with E-state index < -0.39 is 11.7 Å². The van der Waals surface area contributed by atoms with Crippen LogP contribution in [0.3, 0.4) is 0 Å². The van der Waals surface area contributed by atoms with Gasteiger partial charge in [-0.3, -0.25) is 9.48 Å². The minimum absolute atomic E-state index is 0.167. The molecule has 7 nitrogen and oxygen atoms in total. The third kappa shape index (κ3) is 6.36. The molecule has 1 atom stereocenters. The van der Waals surface area contributed by atoms with Gasteiger partial charge in [-0.15, -0.1) is 0 Å². The molecular weight excluding hydrogens is 464 g/mol. The van der Waals surface area contributed by atoms with Gasteiger partial charge in [-0.2, -0.15) is 5.10 Å². The molecule has 192 valence electrons. The number of carbonyl (C=O) groups is 2. The Labute approximate surface area is 217 Å². The van der Waals surface area contributed by atoms with Gasteiger partial charge in [0.05, 0.1) is 12.2 Å². The number of fused-ring (bicyclic) bond motifs is 1. The minimum atomic E-state index is -0.572. The van der Waals surface area contributed by atoms with Crippen LogP contribution in [-0.4, -0.2) is 27.4 Å². The Hall–Kier alpha value is -4.13. The molecule has 4 aromatic rings. The van der Waals surface area contributed by atoms with Crippen molar-refractivity contribution < 1.29 is 14.3 Å². The molecule has 1 heterocycles. The normalized spacial score (nSPS) is 12.3. The number of aryl methyl sites for hydroxylation is 2. The highest BCUT2D eigenvalue weighted by Gasteiger charge is 2.19. The Morgan fingerprint density at radius 1 is 1.05 bits per heavy atom. The predicted octanol–water partition coefficient (Wildman–Crippen LogP) is 6.06. The number of hydrogen-bond donors (Lipinski definition) is 2. The van der Waals surface area contributed by atoms with Crippen LogP contribution < -0.4 is 10.6 Å². The Bertz CT molecular complexity index is 1450. The van der Waals surface area contributed by atoms with Gasteiger partial charge in [0.1, 0.15) is 5.60 Å². The van der Waals surface area contributed by atoms with Gasteiger partial charge in [-0.05, 0) is 85.8 Å². The second kappa shape index (κ2) is 10.5. The maximum atomic E-state index is 13.4. The quantitative estimate of drug-likeness (QED) is 0.338. The number of hydrogen-bond acceptors (Lipinski definition) is 4. The van der Waals surface area contributed by atoms with Crippen LogP contribution in [0, 0.1) is 6.92 Å². The standard InChI is InChI=1S/C30H34N4O3/c1-19-11-12-21(16-31-29(36)37-30(3,4)5)13-26(19)28(35)33-20(2)27-15-23(24-17-32-34(6)18-24)14-22-9-7-8-10-25(22)27/h7-15,17-18,20H,16H2,1-6H3,(H,31,36)(H,33,35). The molecule has 0 aliphatic heterocycles. The molecule has 0 fully saturated rings. The van der Waals surface area contributed by atoms with Crippen LogP contribution in [0.2, 0.25) is 0 Å². The van der Waals surface area contributed by atoms with E-state index in [1.54, 1.807) is 4.68 Å². The zero-order valence-corrected chi connectivity index (χ0v) is 22.3. The molecule has 2 N–H and O–H groups in total. The summed E-state index contributed by atoms with van der Waals surface area (Å²) in [5.74, 6) is -0.167. The number of amides is 2. The van der Waals surface area contributed by atoms with Crippen molar-refractivity contribution in [1.82, 2.24) is 20.4 Å². The van der Waals surface area contributed by atoms with Gasteiger partial charge in [0, 0.05) is 30.9 Å². The van der Waals surface area contributed by atoms with Crippen molar-refractivity contribution in [2.75, 3.05) is 0 Å². The largest absolute Gasteiger partial charge is 0.444 e. The van der Waals surface area contributed by atoms with E-state index in [0.717, 1.165) is 38.6 Å². The van der Waals surface area contributed by atoms with E-state index in [1.807, 2.05) is 84.4 Å². The number of nitrogens with zero attached hydrogens (tertiary/aromatic N) is 2. The Kier molecular flexibility index (Phi) is 7.34. The van der Waals surface area contributed by atoms with E-state index in [9.17, 15) is 9.59 Å². The lowest BCUT2D eigenvalue weighted by Crippen LogP contribution is -2.32. The molecule has 0 saturated heterocycles. The summed E-state index contributed by atoms with van der Waals surface area (Å²) in [7, 11) is 1.90. The molecule has 0 aliphatic rings. The number of aromatic nitrogens is 2. The van der Waals surface area contributed by atoms with Crippen molar-refractivity contribution in [3.63, 3.8) is 0 Å². The molecule has 37 heavy (non-hydrogen) atoms. The number of alkyl carbamates (subject to hydrolysis) is 1. The van der Waals surface area contributed by atoms with Crippen LogP contribution in [0.1, 0.15) is 60.8 Å². The molecule has 1 aromatic heterocycles. The lowest BCUT2D eigenvalue weighted by atomic mass is 9.94. The molecule has 0 spiro atoms. The van der Waals surface area contributed by atoms with Crippen LogP contribution in [0.15, 0.2) is 67.0 Å².